The van der Waals surface area contributed by atoms with Gasteiger partial charge in [0, 0.05) is 0 Å². The summed E-state index contributed by atoms with van der Waals surface area (Å²) < 4.78 is 36.1. The summed E-state index contributed by atoms with van der Waals surface area (Å²) in [6.45, 7) is 0. The monoisotopic (exact) mass is 281 g/mol. The molecule has 0 unspecified atom stereocenters. The zero-order chi connectivity index (χ0) is 13.9. The van der Waals surface area contributed by atoms with Crippen molar-refractivity contribution in [3.63, 3.8) is 0 Å². The van der Waals surface area contributed by atoms with Crippen molar-refractivity contribution < 1.29 is 27.9 Å². The Bertz CT molecular complexity index is 488. The molecule has 18 heavy (non-hydrogen) atoms. The first-order chi connectivity index (χ1) is 8.21. The van der Waals surface area contributed by atoms with Crippen molar-refractivity contribution in [2.75, 3.05) is 5.32 Å². The second kappa shape index (κ2) is 5.26. The minimum absolute atomic E-state index is 0.115. The van der Waals surface area contributed by atoms with E-state index in [4.69, 9.17) is 16.7 Å². The number of rotatable bonds is 3. The summed E-state index contributed by atoms with van der Waals surface area (Å²) in [5.41, 5.74) is -0.165. The van der Waals surface area contributed by atoms with Crippen LogP contribution < -0.4 is 5.32 Å². The molecule has 0 aliphatic carbocycles. The van der Waals surface area contributed by atoms with Gasteiger partial charge in [0.25, 0.3) is 0 Å². The van der Waals surface area contributed by atoms with E-state index in [2.05, 4.69) is 0 Å². The first kappa shape index (κ1) is 14.3. The first-order valence-corrected chi connectivity index (χ1v) is 4.97. The quantitative estimate of drug-likeness (QED) is 0.894. The Kier molecular flexibility index (Phi) is 4.18. The molecule has 0 saturated heterocycles. The minimum Gasteiger partial charge on any atom is -0.481 e. The number of halogens is 4. The Morgan fingerprint density at radius 3 is 2.44 bits per heavy atom. The molecule has 1 aromatic carbocycles. The highest BCUT2D eigenvalue weighted by Crippen LogP contribution is 2.28. The number of anilines is 1. The number of carbonyl (C=O) groups is 2. The Balaban J connectivity index is 2.98. The minimum atomic E-state index is -5.04. The number of alkyl halides is 3. The van der Waals surface area contributed by atoms with Crippen LogP contribution in [-0.4, -0.2) is 23.2 Å². The molecule has 1 rings (SSSR count). The fourth-order valence-corrected chi connectivity index (χ4v) is 1.41. The van der Waals surface area contributed by atoms with Crippen molar-refractivity contribution >= 4 is 29.2 Å². The van der Waals surface area contributed by atoms with Gasteiger partial charge in [-0.3, -0.25) is 9.59 Å². The van der Waals surface area contributed by atoms with E-state index >= 15 is 0 Å². The van der Waals surface area contributed by atoms with E-state index in [0.29, 0.717) is 0 Å². The molecule has 0 aliphatic heterocycles. The normalized spacial score (nSPS) is 11.1. The first-order valence-electron chi connectivity index (χ1n) is 4.59. The number of carboxylic acid groups (broad SMARTS) is 1. The molecule has 0 aliphatic rings. The van der Waals surface area contributed by atoms with E-state index in [-0.39, 0.29) is 16.3 Å². The molecule has 0 aromatic heterocycles. The summed E-state index contributed by atoms with van der Waals surface area (Å²) in [6, 6.07) is 3.80. The Labute approximate surface area is 104 Å². The van der Waals surface area contributed by atoms with Gasteiger partial charge in [0.15, 0.2) is 0 Å². The second-order valence-electron chi connectivity index (χ2n) is 3.30. The van der Waals surface area contributed by atoms with Crippen molar-refractivity contribution in [1.29, 1.82) is 0 Å². The predicted octanol–water partition coefficient (Wildman–Crippen LogP) is 2.47. The van der Waals surface area contributed by atoms with Crippen LogP contribution in [0.4, 0.5) is 18.9 Å². The summed E-state index contributed by atoms with van der Waals surface area (Å²) >= 11 is 5.70. The van der Waals surface area contributed by atoms with Crippen molar-refractivity contribution in [3.05, 3.63) is 28.8 Å². The number of carbonyl (C=O) groups excluding carboxylic acids is 1. The third-order valence-corrected chi connectivity index (χ3v) is 2.37. The second-order valence-corrected chi connectivity index (χ2v) is 3.68. The average molecular weight is 282 g/mol. The highest BCUT2D eigenvalue weighted by molar-refractivity contribution is 6.34. The maximum Gasteiger partial charge on any atom is 0.471 e. The fourth-order valence-electron chi connectivity index (χ4n) is 1.17. The predicted molar refractivity (Wildman–Crippen MR) is 57.5 cm³/mol. The van der Waals surface area contributed by atoms with Crippen LogP contribution >= 0.6 is 11.6 Å². The number of amides is 1. The van der Waals surface area contributed by atoms with Crippen LogP contribution in [0, 0.1) is 0 Å². The third kappa shape index (κ3) is 3.63. The lowest BCUT2D eigenvalue weighted by atomic mass is 10.1. The molecule has 0 fully saturated rings. The summed E-state index contributed by atoms with van der Waals surface area (Å²) in [6.07, 6.45) is -5.49. The van der Waals surface area contributed by atoms with Gasteiger partial charge in [-0.15, -0.1) is 0 Å². The van der Waals surface area contributed by atoms with Crippen molar-refractivity contribution in [2.24, 2.45) is 0 Å². The number of aliphatic carboxylic acids is 1. The van der Waals surface area contributed by atoms with Crippen molar-refractivity contribution in [3.8, 4) is 0 Å². The van der Waals surface area contributed by atoms with Gasteiger partial charge in [0.05, 0.1) is 17.1 Å². The van der Waals surface area contributed by atoms with Gasteiger partial charge in [0.2, 0.25) is 0 Å². The summed E-state index contributed by atoms with van der Waals surface area (Å²) in [7, 11) is 0. The molecular formula is C10H7ClF3NO3. The van der Waals surface area contributed by atoms with Crippen LogP contribution in [0.5, 0.6) is 0 Å². The van der Waals surface area contributed by atoms with Crippen molar-refractivity contribution in [2.45, 2.75) is 12.6 Å². The number of nitrogens with one attached hydrogen (secondary N) is 1. The van der Waals surface area contributed by atoms with Gasteiger partial charge in [-0.25, -0.2) is 0 Å². The number of hydrogen-bond donors (Lipinski definition) is 2. The summed E-state index contributed by atoms with van der Waals surface area (Å²) in [5, 5.41) is 9.92. The van der Waals surface area contributed by atoms with E-state index in [1.807, 2.05) is 0 Å². The fraction of sp³-hybridized carbons (Fsp3) is 0.200. The highest BCUT2D eigenvalue weighted by Gasteiger charge is 2.39. The molecule has 0 bridgehead atoms. The lowest BCUT2D eigenvalue weighted by molar-refractivity contribution is -0.167. The van der Waals surface area contributed by atoms with E-state index in [1.54, 1.807) is 5.32 Å². The number of benzene rings is 1. The molecule has 98 valence electrons. The van der Waals surface area contributed by atoms with Crippen LogP contribution in [-0.2, 0) is 16.0 Å². The maximum atomic E-state index is 12.0. The SMILES string of the molecule is O=C(O)Cc1cccc(NC(=O)C(F)(F)F)c1Cl. The van der Waals surface area contributed by atoms with E-state index in [1.165, 1.54) is 12.1 Å². The third-order valence-electron chi connectivity index (χ3n) is 1.93. The zero-order valence-electron chi connectivity index (χ0n) is 8.71. The maximum absolute atomic E-state index is 12.0. The van der Waals surface area contributed by atoms with Crippen LogP contribution in [0.25, 0.3) is 0 Å². The molecule has 8 heteroatoms. The zero-order valence-corrected chi connectivity index (χ0v) is 9.47. The molecule has 0 radical (unpaired) electrons. The number of hydrogen-bond acceptors (Lipinski definition) is 2. The molecule has 4 nitrogen and oxygen atoms in total. The molecule has 0 heterocycles. The number of carboxylic acids is 1. The summed E-state index contributed by atoms with van der Waals surface area (Å²) in [5.74, 6) is -3.35. The topological polar surface area (TPSA) is 66.4 Å². The van der Waals surface area contributed by atoms with Gasteiger partial charge in [-0.05, 0) is 11.6 Å². The molecule has 0 spiro atoms. The lowest BCUT2D eigenvalue weighted by Gasteiger charge is -2.11. The molecule has 1 amide bonds. The Morgan fingerprint density at radius 1 is 1.33 bits per heavy atom. The summed E-state index contributed by atoms with van der Waals surface area (Å²) in [4.78, 5) is 21.2. The highest BCUT2D eigenvalue weighted by atomic mass is 35.5. The molecule has 0 atom stereocenters. The van der Waals surface area contributed by atoms with Gasteiger partial charge in [-0.2, -0.15) is 13.2 Å². The van der Waals surface area contributed by atoms with Crippen molar-refractivity contribution in [1.82, 2.24) is 0 Å². The van der Waals surface area contributed by atoms with Gasteiger partial charge in [0.1, 0.15) is 0 Å². The lowest BCUT2D eigenvalue weighted by Crippen LogP contribution is -2.30. The molecule has 2 N–H and O–H groups in total. The molecule has 0 saturated carbocycles. The van der Waals surface area contributed by atoms with Gasteiger partial charge >= 0.3 is 18.1 Å². The van der Waals surface area contributed by atoms with Crippen LogP contribution in [0.3, 0.4) is 0 Å². The van der Waals surface area contributed by atoms with E-state index in [0.717, 1.165) is 6.07 Å². The van der Waals surface area contributed by atoms with Gasteiger partial charge in [-0.1, -0.05) is 23.7 Å². The van der Waals surface area contributed by atoms with Crippen LogP contribution in [0.1, 0.15) is 5.56 Å². The van der Waals surface area contributed by atoms with Crippen LogP contribution in [0.15, 0.2) is 18.2 Å². The largest absolute Gasteiger partial charge is 0.481 e. The smallest absolute Gasteiger partial charge is 0.471 e. The molecule has 1 aromatic rings. The Morgan fingerprint density at radius 2 is 1.94 bits per heavy atom. The van der Waals surface area contributed by atoms with E-state index in [9.17, 15) is 22.8 Å². The average Bonchev–Trinajstić information content (AvgIpc) is 2.21. The standard InChI is InChI=1S/C10H7ClF3NO3/c11-8-5(4-7(16)17)2-1-3-6(8)15-9(18)10(12,13)14/h1-3H,4H2,(H,15,18)(H,16,17). The van der Waals surface area contributed by atoms with E-state index < -0.39 is 24.5 Å². The Hall–Kier alpha value is -1.76. The van der Waals surface area contributed by atoms with Crippen LogP contribution in [0.2, 0.25) is 5.02 Å². The molecular weight excluding hydrogens is 275 g/mol. The van der Waals surface area contributed by atoms with Gasteiger partial charge < -0.3 is 10.4 Å².